The number of fused-ring (bicyclic) bond motifs is 1. The molecule has 0 aliphatic carbocycles. The van der Waals surface area contributed by atoms with Crippen LogP contribution in [0.25, 0.3) is 10.9 Å². The Morgan fingerprint density at radius 3 is 2.82 bits per heavy atom. The van der Waals surface area contributed by atoms with Gasteiger partial charge in [0.2, 0.25) is 5.95 Å². The summed E-state index contributed by atoms with van der Waals surface area (Å²) in [5.74, 6) is 0.507. The molecule has 1 aromatic carbocycles. The van der Waals surface area contributed by atoms with Crippen molar-refractivity contribution >= 4 is 28.2 Å². The molecule has 0 amide bonds. The average molecular weight is 314 g/mol. The van der Waals surface area contributed by atoms with Gasteiger partial charge in [0.05, 0.1) is 16.9 Å². The first kappa shape index (κ1) is 14.7. The Morgan fingerprint density at radius 2 is 2.09 bits per heavy atom. The first-order valence-electron chi connectivity index (χ1n) is 7.08. The molecule has 2 heterocycles. The van der Waals surface area contributed by atoms with Crippen molar-refractivity contribution in [3.05, 3.63) is 57.0 Å². The van der Waals surface area contributed by atoms with E-state index in [-0.39, 0.29) is 11.6 Å². The van der Waals surface area contributed by atoms with Gasteiger partial charge in [-0.3, -0.25) is 9.78 Å². The van der Waals surface area contributed by atoms with Crippen molar-refractivity contribution in [2.75, 3.05) is 26.0 Å². The van der Waals surface area contributed by atoms with Crippen LogP contribution in [0.1, 0.15) is 10.9 Å². The van der Waals surface area contributed by atoms with Crippen LogP contribution < -0.4 is 10.9 Å². The van der Waals surface area contributed by atoms with E-state index >= 15 is 0 Å². The van der Waals surface area contributed by atoms with E-state index in [2.05, 4.69) is 31.6 Å². The maximum absolute atomic E-state index is 12.1. The number of likely N-dealkylation sites (N-methyl/N-ethyl adjacent to an activating group) is 1. The Balaban J connectivity index is 1.82. The molecule has 0 spiro atoms. The Kier molecular flexibility index (Phi) is 4.22. The van der Waals surface area contributed by atoms with Gasteiger partial charge in [-0.05, 0) is 37.7 Å². The third kappa shape index (κ3) is 3.03. The summed E-state index contributed by atoms with van der Waals surface area (Å²) in [4.78, 5) is 22.8. The zero-order valence-electron chi connectivity index (χ0n) is 12.5. The molecule has 1 atom stereocenters. The highest BCUT2D eigenvalue weighted by atomic mass is 32.1. The third-order valence-electron chi connectivity index (χ3n) is 3.57. The lowest BCUT2D eigenvalue weighted by molar-refractivity contribution is 0.316. The smallest absolute Gasteiger partial charge is 0.260 e. The van der Waals surface area contributed by atoms with E-state index in [0.717, 1.165) is 0 Å². The van der Waals surface area contributed by atoms with E-state index in [0.29, 0.717) is 23.4 Å². The molecule has 6 heteroatoms. The fraction of sp³-hybridized carbons (Fsp3) is 0.250. The fourth-order valence-electron chi connectivity index (χ4n) is 2.38. The van der Waals surface area contributed by atoms with Crippen molar-refractivity contribution in [3.63, 3.8) is 0 Å². The minimum Gasteiger partial charge on any atom is -0.354 e. The Morgan fingerprint density at radius 1 is 1.27 bits per heavy atom. The summed E-state index contributed by atoms with van der Waals surface area (Å²) in [6.07, 6.45) is 0. The summed E-state index contributed by atoms with van der Waals surface area (Å²) >= 11 is 1.73. The topological polar surface area (TPSA) is 61.0 Å². The van der Waals surface area contributed by atoms with Gasteiger partial charge >= 0.3 is 0 Å². The fourth-order valence-corrected chi connectivity index (χ4v) is 3.30. The Labute approximate surface area is 132 Å². The monoisotopic (exact) mass is 314 g/mol. The van der Waals surface area contributed by atoms with E-state index < -0.39 is 0 Å². The van der Waals surface area contributed by atoms with E-state index in [1.807, 2.05) is 38.4 Å². The Bertz CT molecular complexity index is 810. The molecule has 114 valence electrons. The molecule has 0 unspecified atom stereocenters. The van der Waals surface area contributed by atoms with Gasteiger partial charge in [-0.1, -0.05) is 18.2 Å². The van der Waals surface area contributed by atoms with Gasteiger partial charge in [-0.2, -0.15) is 0 Å². The van der Waals surface area contributed by atoms with Crippen LogP contribution in [-0.2, 0) is 0 Å². The molecule has 3 rings (SSSR count). The number of rotatable bonds is 5. The van der Waals surface area contributed by atoms with Crippen LogP contribution >= 0.6 is 11.3 Å². The zero-order chi connectivity index (χ0) is 15.5. The molecule has 2 aromatic heterocycles. The lowest BCUT2D eigenvalue weighted by Crippen LogP contribution is -2.27. The van der Waals surface area contributed by atoms with Crippen molar-refractivity contribution in [3.8, 4) is 0 Å². The number of benzene rings is 1. The maximum Gasteiger partial charge on any atom is 0.260 e. The standard InChI is InChI=1S/C16H18N4OS/c1-20(2)13(14-8-5-9-22-14)10-17-16-18-12-7-4-3-6-11(12)15(21)19-16/h3-9,13H,10H2,1-2H3,(H2,17,18,19,21)/t13-/m0/s1. The van der Waals surface area contributed by atoms with Gasteiger partial charge in [0.25, 0.3) is 5.56 Å². The van der Waals surface area contributed by atoms with Crippen LogP contribution in [0.4, 0.5) is 5.95 Å². The highest BCUT2D eigenvalue weighted by Gasteiger charge is 2.15. The molecule has 0 fully saturated rings. The number of hydrogen-bond donors (Lipinski definition) is 2. The predicted octanol–water partition coefficient (Wildman–Crippen LogP) is 2.70. The lowest BCUT2D eigenvalue weighted by atomic mass is 10.2. The van der Waals surface area contributed by atoms with E-state index in [9.17, 15) is 4.79 Å². The summed E-state index contributed by atoms with van der Waals surface area (Å²) < 4.78 is 0. The van der Waals surface area contributed by atoms with Crippen LogP contribution in [-0.4, -0.2) is 35.5 Å². The van der Waals surface area contributed by atoms with Crippen molar-refractivity contribution < 1.29 is 0 Å². The number of H-pyrrole nitrogens is 1. The molecule has 2 N–H and O–H groups in total. The molecule has 3 aromatic rings. The number of anilines is 1. The van der Waals surface area contributed by atoms with Gasteiger partial charge in [0.1, 0.15) is 0 Å². The normalized spacial score (nSPS) is 12.7. The quantitative estimate of drug-likeness (QED) is 0.760. The number of para-hydroxylation sites is 1. The van der Waals surface area contributed by atoms with Crippen molar-refractivity contribution in [1.82, 2.24) is 14.9 Å². The highest BCUT2D eigenvalue weighted by molar-refractivity contribution is 7.10. The molecule has 0 radical (unpaired) electrons. The molecule has 0 bridgehead atoms. The molecule has 0 saturated heterocycles. The second-order valence-electron chi connectivity index (χ2n) is 5.31. The molecule has 22 heavy (non-hydrogen) atoms. The molecule has 5 nitrogen and oxygen atoms in total. The van der Waals surface area contributed by atoms with Gasteiger partial charge < -0.3 is 10.2 Å². The van der Waals surface area contributed by atoms with Gasteiger partial charge in [0, 0.05) is 11.4 Å². The van der Waals surface area contributed by atoms with Crippen LogP contribution in [0.3, 0.4) is 0 Å². The first-order chi connectivity index (χ1) is 10.6. The van der Waals surface area contributed by atoms with Gasteiger partial charge in [-0.15, -0.1) is 11.3 Å². The largest absolute Gasteiger partial charge is 0.354 e. The molecule has 0 aliphatic heterocycles. The van der Waals surface area contributed by atoms with Crippen molar-refractivity contribution in [1.29, 1.82) is 0 Å². The zero-order valence-corrected chi connectivity index (χ0v) is 13.4. The minimum atomic E-state index is -0.120. The highest BCUT2D eigenvalue weighted by Crippen LogP contribution is 2.23. The number of aromatic nitrogens is 2. The molecular formula is C16H18N4OS. The third-order valence-corrected chi connectivity index (χ3v) is 4.54. The number of hydrogen-bond acceptors (Lipinski definition) is 5. The minimum absolute atomic E-state index is 0.120. The van der Waals surface area contributed by atoms with E-state index in [4.69, 9.17) is 0 Å². The average Bonchev–Trinajstić information content (AvgIpc) is 3.01. The summed E-state index contributed by atoms with van der Waals surface area (Å²) in [5, 5.41) is 5.92. The summed E-state index contributed by atoms with van der Waals surface area (Å²) in [6, 6.07) is 11.7. The number of thiophene rings is 1. The van der Waals surface area contributed by atoms with Crippen LogP contribution in [0.15, 0.2) is 46.6 Å². The van der Waals surface area contributed by atoms with E-state index in [1.165, 1.54) is 4.88 Å². The molecule has 0 aliphatic rings. The van der Waals surface area contributed by atoms with E-state index in [1.54, 1.807) is 17.4 Å². The van der Waals surface area contributed by atoms with Crippen LogP contribution in [0, 0.1) is 0 Å². The van der Waals surface area contributed by atoms with Gasteiger partial charge in [-0.25, -0.2) is 4.98 Å². The number of aromatic amines is 1. The van der Waals surface area contributed by atoms with Crippen LogP contribution in [0.5, 0.6) is 0 Å². The summed E-state index contributed by atoms with van der Waals surface area (Å²) in [6.45, 7) is 0.675. The summed E-state index contributed by atoms with van der Waals surface area (Å²) in [5.41, 5.74) is 0.580. The lowest BCUT2D eigenvalue weighted by Gasteiger charge is -2.23. The number of nitrogens with zero attached hydrogens (tertiary/aromatic N) is 2. The Hall–Kier alpha value is -2.18. The predicted molar refractivity (Wildman–Crippen MR) is 91.6 cm³/mol. The second kappa shape index (κ2) is 6.29. The summed E-state index contributed by atoms with van der Waals surface area (Å²) in [7, 11) is 4.09. The van der Waals surface area contributed by atoms with Crippen molar-refractivity contribution in [2.24, 2.45) is 0 Å². The molecule has 0 saturated carbocycles. The molecular weight excluding hydrogens is 296 g/mol. The SMILES string of the molecule is CN(C)[C@@H](CNc1nc2ccccc2c(=O)[nH]1)c1cccs1. The number of nitrogens with one attached hydrogen (secondary N) is 2. The maximum atomic E-state index is 12.1. The van der Waals surface area contributed by atoms with Gasteiger partial charge in [0.15, 0.2) is 0 Å². The first-order valence-corrected chi connectivity index (χ1v) is 7.96. The van der Waals surface area contributed by atoms with Crippen molar-refractivity contribution in [2.45, 2.75) is 6.04 Å². The second-order valence-corrected chi connectivity index (χ2v) is 6.29. The van der Waals surface area contributed by atoms with Crippen LogP contribution in [0.2, 0.25) is 0 Å².